The van der Waals surface area contributed by atoms with Crippen LogP contribution in [-0.4, -0.2) is 35.0 Å². The molecule has 2 rings (SSSR count). The monoisotopic (exact) mass is 283 g/mol. The van der Waals surface area contributed by atoms with Gasteiger partial charge in [-0.3, -0.25) is 4.79 Å². The Balaban J connectivity index is 2.02. The van der Waals surface area contributed by atoms with E-state index in [-0.39, 0.29) is 11.4 Å². The zero-order valence-electron chi connectivity index (χ0n) is 11.8. The first-order chi connectivity index (χ1) is 9.11. The molecule has 0 aliphatic carbocycles. The fourth-order valence-corrected chi connectivity index (χ4v) is 3.25. The molecule has 1 aromatic rings. The van der Waals surface area contributed by atoms with Crippen molar-refractivity contribution in [3.8, 4) is 0 Å². The molecular weight excluding hydrogens is 262 g/mol. The fraction of sp³-hybridized carbons (Fsp3) is 0.769. The molecule has 0 radical (unpaired) electrons. The zero-order valence-corrected chi connectivity index (χ0v) is 12.6. The molecule has 1 fully saturated rings. The van der Waals surface area contributed by atoms with E-state index in [2.05, 4.69) is 21.2 Å². The quantitative estimate of drug-likeness (QED) is 0.794. The first-order valence-corrected chi connectivity index (χ1v) is 7.61. The largest absolute Gasteiger partial charge is 0.466 e. The predicted molar refractivity (Wildman–Crippen MR) is 75.5 cm³/mol. The Morgan fingerprint density at radius 2 is 2.11 bits per heavy atom. The molecule has 0 saturated carbocycles. The lowest BCUT2D eigenvalue weighted by Crippen LogP contribution is -2.45. The molecule has 1 aromatic heterocycles. The first-order valence-electron chi connectivity index (χ1n) is 6.84. The summed E-state index contributed by atoms with van der Waals surface area (Å²) in [6.07, 6.45) is 2.51. The molecule has 19 heavy (non-hydrogen) atoms. The Hall–Kier alpha value is -1.17. The SMILES string of the molecule is CCOC(=O)C1(CC)CCN(c2nc(C)ns2)CC1. The number of hydrogen-bond acceptors (Lipinski definition) is 6. The Bertz CT molecular complexity index is 439. The summed E-state index contributed by atoms with van der Waals surface area (Å²) in [6.45, 7) is 7.99. The standard InChI is InChI=1S/C13H21N3O2S/c1-4-13(11(17)18-5-2)6-8-16(9-7-13)12-14-10(3)15-19-12/h4-9H2,1-3H3. The summed E-state index contributed by atoms with van der Waals surface area (Å²) in [4.78, 5) is 18.8. The first kappa shape index (κ1) is 14.2. The summed E-state index contributed by atoms with van der Waals surface area (Å²) >= 11 is 1.43. The number of piperidine rings is 1. The van der Waals surface area contributed by atoms with Crippen LogP contribution in [0, 0.1) is 12.3 Å². The minimum atomic E-state index is -0.299. The Kier molecular flexibility index (Phi) is 4.39. The number of aryl methyl sites for hydroxylation is 1. The minimum absolute atomic E-state index is 0.0365. The summed E-state index contributed by atoms with van der Waals surface area (Å²) in [5, 5.41) is 0.964. The van der Waals surface area contributed by atoms with E-state index in [4.69, 9.17) is 4.74 Å². The van der Waals surface area contributed by atoms with Crippen LogP contribution in [0.15, 0.2) is 0 Å². The van der Waals surface area contributed by atoms with E-state index in [1.54, 1.807) is 0 Å². The Labute approximate surface area is 118 Å². The highest BCUT2D eigenvalue weighted by molar-refractivity contribution is 7.09. The van der Waals surface area contributed by atoms with Gasteiger partial charge < -0.3 is 9.64 Å². The summed E-state index contributed by atoms with van der Waals surface area (Å²) < 4.78 is 9.45. The molecule has 1 saturated heterocycles. The normalized spacial score (nSPS) is 18.4. The molecule has 0 aromatic carbocycles. The second kappa shape index (κ2) is 5.86. The van der Waals surface area contributed by atoms with Crippen LogP contribution in [0.3, 0.4) is 0 Å². The smallest absolute Gasteiger partial charge is 0.312 e. The van der Waals surface area contributed by atoms with Crippen molar-refractivity contribution in [3.05, 3.63) is 5.82 Å². The maximum atomic E-state index is 12.1. The van der Waals surface area contributed by atoms with Gasteiger partial charge in [-0.15, -0.1) is 0 Å². The van der Waals surface area contributed by atoms with Gasteiger partial charge in [-0.25, -0.2) is 4.98 Å². The van der Waals surface area contributed by atoms with Crippen LogP contribution in [-0.2, 0) is 9.53 Å². The van der Waals surface area contributed by atoms with E-state index in [1.165, 1.54) is 11.5 Å². The summed E-state index contributed by atoms with van der Waals surface area (Å²) in [5.74, 6) is 0.781. The number of carbonyl (C=O) groups is 1. The van der Waals surface area contributed by atoms with Crippen molar-refractivity contribution in [3.63, 3.8) is 0 Å². The number of anilines is 1. The number of carbonyl (C=O) groups excluding carboxylic acids is 1. The zero-order chi connectivity index (χ0) is 13.9. The van der Waals surface area contributed by atoms with Crippen molar-refractivity contribution in [1.29, 1.82) is 0 Å². The van der Waals surface area contributed by atoms with Gasteiger partial charge in [-0.1, -0.05) is 6.92 Å². The molecule has 106 valence electrons. The van der Waals surface area contributed by atoms with Gasteiger partial charge in [0.2, 0.25) is 5.13 Å². The highest BCUT2D eigenvalue weighted by Crippen LogP contribution is 2.37. The topological polar surface area (TPSA) is 55.3 Å². The molecule has 0 atom stereocenters. The molecule has 6 heteroatoms. The minimum Gasteiger partial charge on any atom is -0.466 e. The average molecular weight is 283 g/mol. The molecule has 0 N–H and O–H groups in total. The van der Waals surface area contributed by atoms with Crippen LogP contribution < -0.4 is 4.90 Å². The number of aromatic nitrogens is 2. The highest BCUT2D eigenvalue weighted by atomic mass is 32.1. The fourth-order valence-electron chi connectivity index (χ4n) is 2.53. The maximum absolute atomic E-state index is 12.1. The third kappa shape index (κ3) is 2.88. The molecule has 5 nitrogen and oxygen atoms in total. The second-order valence-corrected chi connectivity index (χ2v) is 5.70. The molecule has 0 amide bonds. The lowest BCUT2D eigenvalue weighted by Gasteiger charge is -2.39. The Morgan fingerprint density at radius 3 is 2.58 bits per heavy atom. The number of esters is 1. The van der Waals surface area contributed by atoms with Gasteiger partial charge in [-0.2, -0.15) is 4.37 Å². The molecule has 0 unspecified atom stereocenters. The number of ether oxygens (including phenoxy) is 1. The van der Waals surface area contributed by atoms with Crippen molar-refractivity contribution < 1.29 is 9.53 Å². The molecule has 0 bridgehead atoms. The van der Waals surface area contributed by atoms with Crippen LogP contribution in [0.25, 0.3) is 0 Å². The molecule has 1 aliphatic heterocycles. The van der Waals surface area contributed by atoms with Crippen molar-refractivity contribution in [2.24, 2.45) is 5.41 Å². The lowest BCUT2D eigenvalue weighted by atomic mass is 9.76. The van der Waals surface area contributed by atoms with E-state index in [1.807, 2.05) is 13.8 Å². The van der Waals surface area contributed by atoms with Crippen molar-refractivity contribution >= 4 is 22.6 Å². The van der Waals surface area contributed by atoms with Crippen molar-refractivity contribution in [2.45, 2.75) is 40.0 Å². The summed E-state index contributed by atoms with van der Waals surface area (Å²) in [7, 11) is 0. The van der Waals surface area contributed by atoms with Gasteiger partial charge in [0.1, 0.15) is 5.82 Å². The van der Waals surface area contributed by atoms with Gasteiger partial charge >= 0.3 is 5.97 Å². The predicted octanol–water partition coefficient (Wildman–Crippen LogP) is 2.41. The van der Waals surface area contributed by atoms with E-state index in [0.29, 0.717) is 6.61 Å². The maximum Gasteiger partial charge on any atom is 0.312 e. The second-order valence-electron chi connectivity index (χ2n) is 4.97. The third-order valence-corrected chi connectivity index (χ3v) is 4.76. The van der Waals surface area contributed by atoms with Gasteiger partial charge in [0.25, 0.3) is 0 Å². The van der Waals surface area contributed by atoms with E-state index in [9.17, 15) is 4.79 Å². The van der Waals surface area contributed by atoms with Crippen LogP contribution in [0.2, 0.25) is 0 Å². The summed E-state index contributed by atoms with van der Waals surface area (Å²) in [6, 6.07) is 0. The lowest BCUT2D eigenvalue weighted by molar-refractivity contribution is -0.157. The highest BCUT2D eigenvalue weighted by Gasteiger charge is 2.41. The van der Waals surface area contributed by atoms with Gasteiger partial charge in [0.15, 0.2) is 0 Å². The van der Waals surface area contributed by atoms with Crippen LogP contribution in [0.4, 0.5) is 5.13 Å². The van der Waals surface area contributed by atoms with Crippen molar-refractivity contribution in [2.75, 3.05) is 24.6 Å². The van der Waals surface area contributed by atoms with E-state index in [0.717, 1.165) is 43.3 Å². The molecule has 1 aliphatic rings. The molecule has 2 heterocycles. The van der Waals surface area contributed by atoms with Gasteiger partial charge in [0, 0.05) is 24.6 Å². The van der Waals surface area contributed by atoms with Crippen LogP contribution in [0.1, 0.15) is 38.9 Å². The molecule has 0 spiro atoms. The van der Waals surface area contributed by atoms with Crippen LogP contribution >= 0.6 is 11.5 Å². The van der Waals surface area contributed by atoms with E-state index < -0.39 is 0 Å². The third-order valence-electron chi connectivity index (χ3n) is 3.89. The number of nitrogens with zero attached hydrogens (tertiary/aromatic N) is 3. The van der Waals surface area contributed by atoms with Gasteiger partial charge in [-0.05, 0) is 33.1 Å². The number of rotatable bonds is 4. The van der Waals surface area contributed by atoms with Gasteiger partial charge in [0.05, 0.1) is 12.0 Å². The number of hydrogen-bond donors (Lipinski definition) is 0. The van der Waals surface area contributed by atoms with E-state index >= 15 is 0 Å². The summed E-state index contributed by atoms with van der Waals surface area (Å²) in [5.41, 5.74) is -0.299. The van der Waals surface area contributed by atoms with Crippen LogP contribution in [0.5, 0.6) is 0 Å². The average Bonchev–Trinajstić information content (AvgIpc) is 2.86. The van der Waals surface area contributed by atoms with Crippen molar-refractivity contribution in [1.82, 2.24) is 9.36 Å². The molecular formula is C13H21N3O2S. The Morgan fingerprint density at radius 1 is 1.42 bits per heavy atom.